The molecule has 1 heterocycles. The largest absolute Gasteiger partial charge is 0.508 e. The van der Waals surface area contributed by atoms with Crippen LogP contribution in [0.2, 0.25) is 0 Å². The van der Waals surface area contributed by atoms with Crippen LogP contribution in [0.15, 0.2) is 67.0 Å². The minimum absolute atomic E-state index is 0.0399. The van der Waals surface area contributed by atoms with Crippen molar-refractivity contribution in [1.82, 2.24) is 15.5 Å². The van der Waals surface area contributed by atoms with Crippen LogP contribution in [0, 0.1) is 5.92 Å². The Hall–Kier alpha value is -2.99. The zero-order chi connectivity index (χ0) is 24.8. The highest BCUT2D eigenvalue weighted by Gasteiger charge is 2.51. The van der Waals surface area contributed by atoms with Crippen molar-refractivity contribution in [1.29, 1.82) is 0 Å². The first kappa shape index (κ1) is 25.1. The van der Waals surface area contributed by atoms with Gasteiger partial charge in [0.15, 0.2) is 0 Å². The number of piperidine rings is 1. The van der Waals surface area contributed by atoms with Gasteiger partial charge in [-0.2, -0.15) is 0 Å². The van der Waals surface area contributed by atoms with Gasteiger partial charge in [0.2, 0.25) is 5.91 Å². The molecule has 0 radical (unpaired) electrons. The van der Waals surface area contributed by atoms with E-state index in [-0.39, 0.29) is 17.4 Å². The highest BCUT2D eigenvalue weighted by Crippen LogP contribution is 2.50. The lowest BCUT2D eigenvalue weighted by molar-refractivity contribution is -0.122. The molecular formula is C29H40N4O2. The Bertz CT molecular complexity index is 1010. The van der Waals surface area contributed by atoms with Crippen LogP contribution in [0.25, 0.3) is 0 Å². The number of nitrogens with one attached hydrogen (secondary N) is 2. The van der Waals surface area contributed by atoms with Crippen LogP contribution in [-0.2, 0) is 16.6 Å². The number of likely N-dealkylation sites (tertiary alicyclic amines) is 1. The average molecular weight is 477 g/mol. The second-order valence-electron chi connectivity index (χ2n) is 10.5. The van der Waals surface area contributed by atoms with E-state index in [2.05, 4.69) is 65.4 Å². The number of nitrogens with two attached hydrogens (primary N) is 1. The number of fused-ring (bicyclic) bond motifs is 2. The number of rotatable bonds is 10. The molecule has 2 fully saturated rings. The fraction of sp³-hybridized carbons (Fsp3) is 0.483. The highest BCUT2D eigenvalue weighted by atomic mass is 16.3. The molecule has 1 aliphatic heterocycles. The highest BCUT2D eigenvalue weighted by molar-refractivity contribution is 5.76. The van der Waals surface area contributed by atoms with Crippen LogP contribution in [-0.4, -0.2) is 47.6 Å². The Morgan fingerprint density at radius 2 is 2.00 bits per heavy atom. The fourth-order valence-electron chi connectivity index (χ4n) is 6.28. The number of aryl methyl sites for hydroxylation is 1. The first-order valence-corrected chi connectivity index (χ1v) is 12.9. The van der Waals surface area contributed by atoms with Gasteiger partial charge in [-0.1, -0.05) is 56.0 Å². The molecule has 1 saturated heterocycles. The van der Waals surface area contributed by atoms with E-state index in [9.17, 15) is 9.90 Å². The average Bonchev–Trinajstić information content (AvgIpc) is 2.82. The van der Waals surface area contributed by atoms with E-state index in [4.69, 9.17) is 5.73 Å². The molecular weight excluding hydrogens is 436 g/mol. The van der Waals surface area contributed by atoms with E-state index in [0.29, 0.717) is 36.5 Å². The van der Waals surface area contributed by atoms with Crippen molar-refractivity contribution in [2.24, 2.45) is 11.7 Å². The van der Waals surface area contributed by atoms with Gasteiger partial charge in [-0.15, -0.1) is 0 Å². The van der Waals surface area contributed by atoms with E-state index >= 15 is 0 Å². The summed E-state index contributed by atoms with van der Waals surface area (Å²) in [5, 5.41) is 16.5. The Balaban J connectivity index is 1.48. The van der Waals surface area contributed by atoms with E-state index in [0.717, 1.165) is 45.2 Å². The van der Waals surface area contributed by atoms with Gasteiger partial charge in [-0.3, -0.25) is 9.69 Å². The van der Waals surface area contributed by atoms with Gasteiger partial charge in [0.05, 0.1) is 5.82 Å². The van der Waals surface area contributed by atoms with Gasteiger partial charge in [-0.25, -0.2) is 0 Å². The van der Waals surface area contributed by atoms with E-state index in [1.165, 1.54) is 11.1 Å². The normalized spacial score (nSPS) is 26.1. The molecule has 6 heteroatoms. The smallest absolute Gasteiger partial charge is 0.221 e. The Kier molecular flexibility index (Phi) is 8.01. The summed E-state index contributed by atoms with van der Waals surface area (Å²) in [6, 6.07) is 19.0. The monoisotopic (exact) mass is 476 g/mol. The van der Waals surface area contributed by atoms with Gasteiger partial charge in [0.25, 0.3) is 0 Å². The number of hydrogen-bond acceptors (Lipinski definition) is 5. The first-order valence-electron chi connectivity index (χ1n) is 12.9. The maximum absolute atomic E-state index is 12.7. The van der Waals surface area contributed by atoms with E-state index in [1.807, 2.05) is 12.1 Å². The van der Waals surface area contributed by atoms with Crippen LogP contribution >= 0.6 is 0 Å². The van der Waals surface area contributed by atoms with Crippen LogP contribution in [0.5, 0.6) is 5.75 Å². The van der Waals surface area contributed by atoms with Crippen molar-refractivity contribution in [3.63, 3.8) is 0 Å². The van der Waals surface area contributed by atoms with Gasteiger partial charge < -0.3 is 21.5 Å². The van der Waals surface area contributed by atoms with E-state index in [1.54, 1.807) is 6.07 Å². The van der Waals surface area contributed by atoms with Crippen LogP contribution in [0.4, 0.5) is 0 Å². The molecule has 188 valence electrons. The Labute approximate surface area is 209 Å². The maximum atomic E-state index is 12.7. The maximum Gasteiger partial charge on any atom is 0.221 e. The standard InChI is InChI=1S/C29H40N4O2/c1-21-20-33(15-7-10-23-8-4-3-5-9-23)26-17-25(32-28(35)13-14-31-22(2)30)18-29(21,19-26)24-11-6-12-27(34)16-24/h3-6,8-9,11-12,16,21,25-26,31,34H,2,7,10,13-15,17-20,30H2,1H3,(H,32,35). The van der Waals surface area contributed by atoms with Gasteiger partial charge in [-0.05, 0) is 67.8 Å². The number of carbonyl (C=O) groups is 1. The molecule has 2 bridgehead atoms. The number of aromatic hydroxyl groups is 1. The minimum Gasteiger partial charge on any atom is -0.508 e. The molecule has 1 saturated carbocycles. The third-order valence-electron chi connectivity index (χ3n) is 7.98. The van der Waals surface area contributed by atoms with Crippen molar-refractivity contribution in [2.75, 3.05) is 19.6 Å². The summed E-state index contributed by atoms with van der Waals surface area (Å²) in [7, 11) is 0. The minimum atomic E-state index is -0.0562. The molecule has 4 atom stereocenters. The van der Waals surface area contributed by atoms with Crippen LogP contribution in [0.1, 0.15) is 50.2 Å². The second kappa shape index (κ2) is 11.2. The second-order valence-corrected chi connectivity index (χ2v) is 10.5. The molecule has 6 nitrogen and oxygen atoms in total. The lowest BCUT2D eigenvalue weighted by Crippen LogP contribution is -2.61. The third-order valence-corrected chi connectivity index (χ3v) is 7.98. The van der Waals surface area contributed by atoms with Gasteiger partial charge in [0, 0.05) is 37.0 Å². The van der Waals surface area contributed by atoms with Crippen molar-refractivity contribution in [2.45, 2.75) is 62.9 Å². The van der Waals surface area contributed by atoms with Crippen molar-refractivity contribution < 1.29 is 9.90 Å². The number of amides is 1. The molecule has 2 aromatic carbocycles. The third kappa shape index (κ3) is 6.17. The van der Waals surface area contributed by atoms with Crippen molar-refractivity contribution >= 4 is 5.91 Å². The molecule has 2 aromatic rings. The molecule has 0 spiro atoms. The number of phenols is 1. The molecule has 1 amide bonds. The van der Waals surface area contributed by atoms with Crippen molar-refractivity contribution in [3.05, 3.63) is 78.1 Å². The molecule has 5 N–H and O–H groups in total. The molecule has 0 aromatic heterocycles. The summed E-state index contributed by atoms with van der Waals surface area (Å²) < 4.78 is 0. The zero-order valence-corrected chi connectivity index (χ0v) is 20.9. The fourth-order valence-corrected chi connectivity index (χ4v) is 6.28. The summed E-state index contributed by atoms with van der Waals surface area (Å²) in [6.07, 6.45) is 5.49. The van der Waals surface area contributed by atoms with Crippen LogP contribution in [0.3, 0.4) is 0 Å². The van der Waals surface area contributed by atoms with Crippen molar-refractivity contribution in [3.8, 4) is 5.75 Å². The number of nitrogens with zero attached hydrogens (tertiary/aromatic N) is 1. The number of hydrogen-bond donors (Lipinski definition) is 4. The topological polar surface area (TPSA) is 90.6 Å². The Morgan fingerprint density at radius 1 is 1.20 bits per heavy atom. The lowest BCUT2D eigenvalue weighted by Gasteiger charge is -2.56. The lowest BCUT2D eigenvalue weighted by atomic mass is 9.57. The van der Waals surface area contributed by atoms with Gasteiger partial charge in [0.1, 0.15) is 5.75 Å². The zero-order valence-electron chi connectivity index (χ0n) is 20.9. The quantitative estimate of drug-likeness (QED) is 0.420. The summed E-state index contributed by atoms with van der Waals surface area (Å²) in [4.78, 5) is 15.4. The molecule has 4 unspecified atom stereocenters. The summed E-state index contributed by atoms with van der Waals surface area (Å²) in [6.45, 7) is 8.55. The number of benzene rings is 2. The number of phenolic OH excluding ortho intramolecular Hbond substituents is 1. The molecule has 2 aliphatic rings. The Morgan fingerprint density at radius 3 is 2.74 bits per heavy atom. The predicted molar refractivity (Wildman–Crippen MR) is 141 cm³/mol. The molecule has 35 heavy (non-hydrogen) atoms. The first-order chi connectivity index (χ1) is 16.9. The van der Waals surface area contributed by atoms with Crippen LogP contribution < -0.4 is 16.4 Å². The van der Waals surface area contributed by atoms with E-state index < -0.39 is 0 Å². The van der Waals surface area contributed by atoms with Gasteiger partial charge >= 0.3 is 0 Å². The summed E-state index contributed by atoms with van der Waals surface area (Å²) >= 11 is 0. The summed E-state index contributed by atoms with van der Waals surface area (Å²) in [5.41, 5.74) is 8.08. The molecule has 4 rings (SSSR count). The number of carbonyl (C=O) groups excluding carboxylic acids is 1. The summed E-state index contributed by atoms with van der Waals surface area (Å²) in [5.74, 6) is 1.15. The predicted octanol–water partition coefficient (Wildman–Crippen LogP) is 3.66. The SMILES string of the molecule is C=C(N)NCCC(=O)NC1CC2CC(c3cccc(O)c3)(C1)C(C)CN2CCCc1ccccc1. The molecule has 1 aliphatic carbocycles.